The third-order valence-corrected chi connectivity index (χ3v) is 3.68. The van der Waals surface area contributed by atoms with Crippen LogP contribution in [0, 0.1) is 0 Å². The maximum atomic E-state index is 12.2. The van der Waals surface area contributed by atoms with Gasteiger partial charge < -0.3 is 29.9 Å². The highest BCUT2D eigenvalue weighted by Gasteiger charge is 2.35. The number of hydrogen-bond acceptors (Lipinski definition) is 5. The molecule has 2 saturated heterocycles. The van der Waals surface area contributed by atoms with E-state index in [9.17, 15) is 19.8 Å². The van der Waals surface area contributed by atoms with E-state index in [0.717, 1.165) is 0 Å². The van der Waals surface area contributed by atoms with E-state index >= 15 is 0 Å². The number of likely N-dealkylation sites (tertiary alicyclic amines) is 2. The molecule has 2 amide bonds. The van der Waals surface area contributed by atoms with Crippen molar-refractivity contribution in [3.63, 3.8) is 0 Å². The number of amides is 2. The number of aliphatic carboxylic acids is 1. The molecule has 0 radical (unpaired) electrons. The van der Waals surface area contributed by atoms with Crippen LogP contribution in [0.1, 0.15) is 12.8 Å². The van der Waals surface area contributed by atoms with E-state index in [2.05, 4.69) is 0 Å². The van der Waals surface area contributed by atoms with Gasteiger partial charge in [0.1, 0.15) is 6.61 Å². The van der Waals surface area contributed by atoms with Crippen molar-refractivity contribution in [3.05, 3.63) is 0 Å². The van der Waals surface area contributed by atoms with Gasteiger partial charge in [0.05, 0.1) is 31.4 Å². The number of rotatable bonds is 3. The Morgan fingerprint density at radius 3 is 2.10 bits per heavy atom. The molecule has 0 saturated carbocycles. The van der Waals surface area contributed by atoms with Crippen LogP contribution in [-0.2, 0) is 9.53 Å². The van der Waals surface area contributed by atoms with Gasteiger partial charge in [0, 0.05) is 13.1 Å². The van der Waals surface area contributed by atoms with Gasteiger partial charge in [0.2, 0.25) is 0 Å². The summed E-state index contributed by atoms with van der Waals surface area (Å²) < 4.78 is 5.20. The van der Waals surface area contributed by atoms with E-state index in [1.165, 1.54) is 4.90 Å². The molecule has 0 aromatic rings. The Kier molecular flexibility index (Phi) is 4.79. The lowest BCUT2D eigenvalue weighted by Gasteiger charge is -2.34. The lowest BCUT2D eigenvalue weighted by atomic mass is 10.1. The van der Waals surface area contributed by atoms with E-state index in [1.807, 2.05) is 0 Å². The largest absolute Gasteiger partial charge is 0.480 e. The molecule has 2 fully saturated rings. The third-order valence-electron chi connectivity index (χ3n) is 3.68. The topological polar surface area (TPSA) is 111 Å². The van der Waals surface area contributed by atoms with Crippen LogP contribution in [0.4, 0.5) is 4.79 Å². The maximum absolute atomic E-state index is 12.2. The zero-order valence-corrected chi connectivity index (χ0v) is 11.1. The van der Waals surface area contributed by atoms with E-state index < -0.39 is 18.2 Å². The Bertz CT molecular complexity index is 359. The van der Waals surface area contributed by atoms with Crippen LogP contribution in [0.25, 0.3) is 0 Å². The predicted molar refractivity (Wildman–Crippen MR) is 67.2 cm³/mol. The second-order valence-electron chi connectivity index (χ2n) is 5.21. The molecule has 0 spiro atoms. The fraction of sp³-hybridized carbons (Fsp3) is 0.833. The number of hydrogen-bond donors (Lipinski definition) is 3. The first-order valence-electron chi connectivity index (χ1n) is 6.70. The van der Waals surface area contributed by atoms with Crippen molar-refractivity contribution in [2.45, 2.75) is 31.2 Å². The summed E-state index contributed by atoms with van der Waals surface area (Å²) in [6.07, 6.45) is -0.702. The molecule has 8 heteroatoms. The van der Waals surface area contributed by atoms with Gasteiger partial charge in [-0.15, -0.1) is 0 Å². The third kappa shape index (κ3) is 3.59. The molecule has 2 aliphatic heterocycles. The lowest BCUT2D eigenvalue weighted by Crippen LogP contribution is -2.47. The Hall–Kier alpha value is -1.38. The van der Waals surface area contributed by atoms with Gasteiger partial charge in [0.15, 0.2) is 0 Å². The van der Waals surface area contributed by atoms with E-state index in [4.69, 9.17) is 9.84 Å². The number of carboxylic acids is 1. The summed E-state index contributed by atoms with van der Waals surface area (Å²) in [5.41, 5.74) is 0. The minimum Gasteiger partial charge on any atom is -0.480 e. The van der Waals surface area contributed by atoms with Gasteiger partial charge in [-0.2, -0.15) is 0 Å². The molecule has 2 aliphatic rings. The lowest BCUT2D eigenvalue weighted by molar-refractivity contribution is -0.145. The van der Waals surface area contributed by atoms with Crippen LogP contribution < -0.4 is 0 Å². The summed E-state index contributed by atoms with van der Waals surface area (Å²) in [5.74, 6) is -0.997. The second-order valence-corrected chi connectivity index (χ2v) is 5.21. The number of nitrogens with zero attached hydrogens (tertiary/aromatic N) is 2. The first-order valence-corrected chi connectivity index (χ1v) is 6.70. The highest BCUT2D eigenvalue weighted by atomic mass is 16.5. The van der Waals surface area contributed by atoms with Gasteiger partial charge in [-0.05, 0) is 12.8 Å². The second kappa shape index (κ2) is 6.38. The standard InChI is InChI=1S/C12H20N2O6/c15-9-5-14(6-10(9)16)12(19)13-3-1-8(2-4-13)20-7-11(17)18/h8-10,15-16H,1-7H2,(H,17,18). The van der Waals surface area contributed by atoms with E-state index in [0.29, 0.717) is 25.9 Å². The molecule has 0 aromatic carbocycles. The van der Waals surface area contributed by atoms with Gasteiger partial charge in [0.25, 0.3) is 0 Å². The van der Waals surface area contributed by atoms with Crippen molar-refractivity contribution in [2.24, 2.45) is 0 Å². The zero-order chi connectivity index (χ0) is 14.7. The van der Waals surface area contributed by atoms with E-state index in [1.54, 1.807) is 4.90 Å². The van der Waals surface area contributed by atoms with Crippen LogP contribution in [-0.4, -0.2) is 88.2 Å². The van der Waals surface area contributed by atoms with Crippen LogP contribution in [0.2, 0.25) is 0 Å². The van der Waals surface area contributed by atoms with Crippen LogP contribution in [0.5, 0.6) is 0 Å². The van der Waals surface area contributed by atoms with Gasteiger partial charge >= 0.3 is 12.0 Å². The molecular weight excluding hydrogens is 268 g/mol. The van der Waals surface area contributed by atoms with Crippen LogP contribution >= 0.6 is 0 Å². The molecule has 8 nitrogen and oxygen atoms in total. The number of carboxylic acid groups (broad SMARTS) is 1. The van der Waals surface area contributed by atoms with Crippen molar-refractivity contribution < 1.29 is 29.6 Å². The van der Waals surface area contributed by atoms with Gasteiger partial charge in [-0.25, -0.2) is 9.59 Å². The molecule has 3 N–H and O–H groups in total. The highest BCUT2D eigenvalue weighted by Crippen LogP contribution is 2.18. The van der Waals surface area contributed by atoms with Crippen molar-refractivity contribution >= 4 is 12.0 Å². The molecule has 114 valence electrons. The number of carbonyl (C=O) groups is 2. The minimum atomic E-state index is -0.997. The summed E-state index contributed by atoms with van der Waals surface area (Å²) >= 11 is 0. The number of aliphatic hydroxyl groups excluding tert-OH is 2. The highest BCUT2D eigenvalue weighted by molar-refractivity contribution is 5.75. The normalized spacial score (nSPS) is 27.9. The van der Waals surface area contributed by atoms with Crippen molar-refractivity contribution in [3.8, 4) is 0 Å². The van der Waals surface area contributed by atoms with Gasteiger partial charge in [-0.1, -0.05) is 0 Å². The monoisotopic (exact) mass is 288 g/mol. The summed E-state index contributed by atoms with van der Waals surface area (Å²) in [6, 6.07) is -0.197. The number of carbonyl (C=O) groups excluding carboxylic acids is 1. The maximum Gasteiger partial charge on any atom is 0.329 e. The number of β-amino-alcohol motifs (C(OH)–C–C–N with tert-alkyl or cyclic N) is 2. The summed E-state index contributed by atoms with van der Waals surface area (Å²) in [4.78, 5) is 25.6. The summed E-state index contributed by atoms with van der Waals surface area (Å²) in [6.45, 7) is 0.964. The molecule has 0 aliphatic carbocycles. The van der Waals surface area contributed by atoms with Crippen LogP contribution in [0.3, 0.4) is 0 Å². The Morgan fingerprint density at radius 1 is 1.05 bits per heavy atom. The van der Waals surface area contributed by atoms with E-state index in [-0.39, 0.29) is 31.8 Å². The Labute approximate surface area is 116 Å². The first kappa shape index (κ1) is 15.0. The molecule has 0 bridgehead atoms. The Balaban J connectivity index is 1.76. The molecule has 0 aromatic heterocycles. The molecule has 20 heavy (non-hydrogen) atoms. The minimum absolute atomic E-state index is 0.134. The fourth-order valence-electron chi connectivity index (χ4n) is 2.53. The summed E-state index contributed by atoms with van der Waals surface area (Å²) in [7, 11) is 0. The molecule has 2 atom stereocenters. The molecular formula is C12H20N2O6. The number of aliphatic hydroxyl groups is 2. The number of piperidine rings is 1. The van der Waals surface area contributed by atoms with Crippen molar-refractivity contribution in [1.82, 2.24) is 9.80 Å². The fourth-order valence-corrected chi connectivity index (χ4v) is 2.53. The number of ether oxygens (including phenoxy) is 1. The smallest absolute Gasteiger partial charge is 0.329 e. The molecule has 2 rings (SSSR count). The first-order chi connectivity index (χ1) is 9.47. The van der Waals surface area contributed by atoms with Crippen molar-refractivity contribution in [1.29, 1.82) is 0 Å². The average Bonchev–Trinajstić information content (AvgIpc) is 2.76. The predicted octanol–water partition coefficient (Wildman–Crippen LogP) is -1.29. The molecule has 2 unspecified atom stereocenters. The average molecular weight is 288 g/mol. The Morgan fingerprint density at radius 2 is 1.60 bits per heavy atom. The van der Waals surface area contributed by atoms with Crippen LogP contribution in [0.15, 0.2) is 0 Å². The quantitative estimate of drug-likeness (QED) is 0.596. The summed E-state index contributed by atoms with van der Waals surface area (Å²) in [5, 5.41) is 27.4. The number of urea groups is 1. The zero-order valence-electron chi connectivity index (χ0n) is 11.1. The van der Waals surface area contributed by atoms with Crippen molar-refractivity contribution in [2.75, 3.05) is 32.8 Å². The van der Waals surface area contributed by atoms with Gasteiger partial charge in [-0.3, -0.25) is 0 Å². The molecule has 2 heterocycles. The SMILES string of the molecule is O=C(O)COC1CCN(C(=O)N2CC(O)C(O)C2)CC1.